The zero-order valence-electron chi connectivity index (χ0n) is 85.0. The van der Waals surface area contributed by atoms with Gasteiger partial charge in [0.05, 0.1) is 12.2 Å². The van der Waals surface area contributed by atoms with E-state index >= 15 is 0 Å². The third-order valence-corrected chi connectivity index (χ3v) is 29.3. The standard InChI is InChI=1S/C28H20.C27H18O.3C16H10.C13H14.2C12H12O.3CH4O/c1-18(22-12-9-19-5-2-3-6-23(19)15-22)26-16-24-13-10-20-7-4-8-21-11-14-25(17-26)28(24)27(20)21;28-27(23-13-8-17-4-1-2-5-20(17)14-23)24-15-21-11-9-18-6-3-7-19-10-12-22(16-24)26(21)25(18)19;3*1-3-11-7-9-13-5-2-6-14-10-8-12(4-1)15(11)16(13)14;1-10(2)12-8-7-11-5-3-4-6-13(11)9-12;2*1-9(13)11-7-6-10-4-2-3-5-12(10)8-11;3*1-2/h2-18H,1H3;1-16,27-28H;3*1-10H;3-10H,1-2H3;2*2-9,13H,1H3;3*2H,1H3. The fourth-order valence-corrected chi connectivity index (χ4v) is 21.7. The van der Waals surface area contributed by atoms with Crippen molar-refractivity contribution in [1.82, 2.24) is 0 Å². The molecule has 0 heterocycles. The molecule has 726 valence electrons. The minimum absolute atomic E-state index is 0.353. The maximum Gasteiger partial charge on any atom is 0.104 e. The van der Waals surface area contributed by atoms with Crippen LogP contribution >= 0.6 is 0 Å². The molecule has 0 spiro atoms. The summed E-state index contributed by atoms with van der Waals surface area (Å²) in [5.74, 6) is 0.969. The molecule has 0 aliphatic rings. The molecule has 0 amide bonds. The average molecular weight is 1930 g/mol. The lowest BCUT2D eigenvalue weighted by atomic mass is 9.87. The van der Waals surface area contributed by atoms with Gasteiger partial charge >= 0.3 is 0 Å². The molecule has 0 aromatic heterocycles. The summed E-state index contributed by atoms with van der Waals surface area (Å²) >= 11 is 0. The van der Waals surface area contributed by atoms with E-state index in [0.29, 0.717) is 11.8 Å². The van der Waals surface area contributed by atoms with Gasteiger partial charge in [0, 0.05) is 27.2 Å². The predicted molar refractivity (Wildman–Crippen MR) is 642 cm³/mol. The predicted octanol–water partition coefficient (Wildman–Crippen LogP) is 37.0. The second-order valence-electron chi connectivity index (χ2n) is 38.6. The Labute approximate surface area is 868 Å². The van der Waals surface area contributed by atoms with Gasteiger partial charge in [0.2, 0.25) is 0 Å². The molecule has 30 rings (SSSR count). The van der Waals surface area contributed by atoms with Crippen LogP contribution in [0.2, 0.25) is 0 Å². The molecule has 0 bridgehead atoms. The summed E-state index contributed by atoms with van der Waals surface area (Å²) in [4.78, 5) is 0. The van der Waals surface area contributed by atoms with Crippen molar-refractivity contribution in [2.75, 3.05) is 21.3 Å². The lowest BCUT2D eigenvalue weighted by Gasteiger charge is -2.17. The normalized spacial score (nSPS) is 12.0. The van der Waals surface area contributed by atoms with Crippen LogP contribution in [0.3, 0.4) is 0 Å². The largest absolute Gasteiger partial charge is 0.400 e. The van der Waals surface area contributed by atoms with Crippen molar-refractivity contribution in [3.63, 3.8) is 0 Å². The second-order valence-corrected chi connectivity index (χ2v) is 38.6. The van der Waals surface area contributed by atoms with Gasteiger partial charge in [0.1, 0.15) is 6.10 Å². The van der Waals surface area contributed by atoms with E-state index in [-0.39, 0.29) is 12.2 Å². The lowest BCUT2D eigenvalue weighted by Crippen LogP contribution is -2.00. The third-order valence-electron chi connectivity index (χ3n) is 29.3. The monoisotopic (exact) mass is 1930 g/mol. The summed E-state index contributed by atoms with van der Waals surface area (Å²) in [5.41, 5.74) is 7.96. The van der Waals surface area contributed by atoms with Crippen molar-refractivity contribution in [3.05, 3.63) is 542 Å². The highest BCUT2D eigenvalue weighted by atomic mass is 16.3. The lowest BCUT2D eigenvalue weighted by molar-refractivity contribution is 0.199. The molecular formula is C143H118O6. The fourth-order valence-electron chi connectivity index (χ4n) is 21.7. The maximum absolute atomic E-state index is 11.1. The highest BCUT2D eigenvalue weighted by molar-refractivity contribution is 6.28. The van der Waals surface area contributed by atoms with Gasteiger partial charge in [-0.05, 0) is 304 Å². The van der Waals surface area contributed by atoms with Crippen molar-refractivity contribution < 1.29 is 30.6 Å². The van der Waals surface area contributed by atoms with Gasteiger partial charge in [-0.25, -0.2) is 0 Å². The van der Waals surface area contributed by atoms with Gasteiger partial charge in [-0.15, -0.1) is 0 Å². The van der Waals surface area contributed by atoms with E-state index in [4.69, 9.17) is 15.3 Å². The first-order chi connectivity index (χ1) is 73.2. The molecule has 149 heavy (non-hydrogen) atoms. The molecule has 0 saturated carbocycles. The first-order valence-electron chi connectivity index (χ1n) is 51.2. The Bertz CT molecular complexity index is 8590. The molecule has 6 nitrogen and oxygen atoms in total. The van der Waals surface area contributed by atoms with Crippen molar-refractivity contribution >= 4 is 215 Å². The van der Waals surface area contributed by atoms with Gasteiger partial charge in [-0.2, -0.15) is 0 Å². The summed E-state index contributed by atoms with van der Waals surface area (Å²) in [6, 6.07) is 179. The Balaban J connectivity index is 0.000000104. The van der Waals surface area contributed by atoms with Crippen LogP contribution in [0.25, 0.3) is 215 Å². The van der Waals surface area contributed by atoms with Crippen LogP contribution in [0.15, 0.2) is 504 Å². The average Bonchev–Trinajstić information content (AvgIpc) is 0.741. The van der Waals surface area contributed by atoms with Crippen LogP contribution in [0.4, 0.5) is 0 Å². The maximum atomic E-state index is 11.1. The number of aliphatic hydroxyl groups is 6. The number of aliphatic hydroxyl groups excluding tert-OH is 6. The van der Waals surface area contributed by atoms with Crippen LogP contribution in [0, 0.1) is 0 Å². The van der Waals surface area contributed by atoms with Gasteiger partial charge in [0.15, 0.2) is 0 Å². The van der Waals surface area contributed by atoms with Crippen LogP contribution in [0.5, 0.6) is 0 Å². The summed E-state index contributed by atoms with van der Waals surface area (Å²) in [5, 5.41) is 103. The number of rotatable bonds is 7. The zero-order valence-corrected chi connectivity index (χ0v) is 85.0. The molecule has 6 heteroatoms. The van der Waals surface area contributed by atoms with Crippen molar-refractivity contribution in [3.8, 4) is 0 Å². The van der Waals surface area contributed by atoms with E-state index < -0.39 is 6.10 Å². The molecule has 0 radical (unpaired) electrons. The van der Waals surface area contributed by atoms with Gasteiger partial charge in [0.25, 0.3) is 0 Å². The Morgan fingerprint density at radius 1 is 0.121 bits per heavy atom. The highest BCUT2D eigenvalue weighted by Gasteiger charge is 2.20. The molecule has 6 N–H and O–H groups in total. The highest BCUT2D eigenvalue weighted by Crippen LogP contribution is 2.44. The Morgan fingerprint density at radius 2 is 0.262 bits per heavy atom. The van der Waals surface area contributed by atoms with E-state index in [1.54, 1.807) is 13.8 Å². The quantitative estimate of drug-likeness (QED) is 0.0885. The molecule has 0 fully saturated rings. The molecule has 0 aliphatic carbocycles. The first kappa shape index (κ1) is 99.2. The molecule has 0 saturated heterocycles. The van der Waals surface area contributed by atoms with Gasteiger partial charge in [-0.1, -0.05) is 494 Å². The van der Waals surface area contributed by atoms with Crippen LogP contribution in [-0.4, -0.2) is 52.0 Å². The second kappa shape index (κ2) is 44.8. The third kappa shape index (κ3) is 20.6. The SMILES string of the molecule is CC(C)c1ccc2ccccc2c1.CC(O)c1ccc2ccccc2c1.CC(O)c1ccc2ccccc2c1.CC(c1ccc2ccccc2c1)c1cc2ccc3cccc4ccc(c1)c2c34.CO.CO.CO.OC(c1ccc2ccccc2c1)c1cc2ccc3cccc4ccc(c1)c2c34.c1cc2ccc3cccc4ccc(c1)c2c34.c1cc2ccc3cccc4ccc(c1)c2c34.c1cc2ccc3cccc4ccc(c1)c2c34. The summed E-state index contributed by atoms with van der Waals surface area (Å²) in [6.07, 6.45) is -1.42. The smallest absolute Gasteiger partial charge is 0.104 e. The van der Waals surface area contributed by atoms with Crippen molar-refractivity contribution in [2.45, 2.75) is 64.8 Å². The number of hydrogen-bond acceptors (Lipinski definition) is 6. The molecule has 30 aromatic carbocycles. The topological polar surface area (TPSA) is 121 Å². The van der Waals surface area contributed by atoms with E-state index in [1.165, 1.54) is 227 Å². The van der Waals surface area contributed by atoms with Gasteiger partial charge in [-0.3, -0.25) is 0 Å². The molecule has 30 aromatic rings. The fraction of sp³-hybridized carbons (Fsp3) is 0.0909. The van der Waals surface area contributed by atoms with Crippen LogP contribution in [0.1, 0.15) is 104 Å². The summed E-state index contributed by atoms with van der Waals surface area (Å²) in [7, 11) is 3.00. The Morgan fingerprint density at radius 3 is 0.477 bits per heavy atom. The number of benzene rings is 30. The van der Waals surface area contributed by atoms with Crippen molar-refractivity contribution in [1.29, 1.82) is 0 Å². The first-order valence-corrected chi connectivity index (χ1v) is 51.2. The number of hydrogen-bond donors (Lipinski definition) is 6. The zero-order chi connectivity index (χ0) is 103. The molecule has 4 atom stereocenters. The van der Waals surface area contributed by atoms with E-state index in [1.807, 2.05) is 78.9 Å². The van der Waals surface area contributed by atoms with E-state index in [9.17, 15) is 15.3 Å². The molecular weight excluding hydrogens is 1810 g/mol. The van der Waals surface area contributed by atoms with E-state index in [2.05, 4.69) is 445 Å². The summed E-state index contributed by atoms with van der Waals surface area (Å²) < 4.78 is 0. The Kier molecular flexibility index (Phi) is 29.9. The van der Waals surface area contributed by atoms with Crippen molar-refractivity contribution in [2.24, 2.45) is 0 Å². The summed E-state index contributed by atoms with van der Waals surface area (Å²) in [6.45, 7) is 10.3. The van der Waals surface area contributed by atoms with Crippen LogP contribution in [-0.2, 0) is 0 Å². The van der Waals surface area contributed by atoms with Gasteiger partial charge < -0.3 is 30.6 Å². The number of fused-ring (bicyclic) bond motifs is 5. The molecule has 4 unspecified atom stereocenters. The molecule has 0 aliphatic heterocycles. The minimum Gasteiger partial charge on any atom is -0.400 e. The van der Waals surface area contributed by atoms with E-state index in [0.717, 1.165) is 49.0 Å². The Hall–Kier alpha value is -17.1. The minimum atomic E-state index is -0.647. The van der Waals surface area contributed by atoms with Crippen LogP contribution < -0.4 is 0 Å².